The summed E-state index contributed by atoms with van der Waals surface area (Å²) < 4.78 is 46.5. The summed E-state index contributed by atoms with van der Waals surface area (Å²) in [5, 5.41) is 46.3. The molecule has 0 aromatic heterocycles. The van der Waals surface area contributed by atoms with E-state index in [0.717, 1.165) is 12.8 Å². The van der Waals surface area contributed by atoms with Crippen molar-refractivity contribution in [2.75, 3.05) is 17.7 Å². The zero-order valence-corrected chi connectivity index (χ0v) is 23.9. The number of nitrogens with one attached hydrogen (secondary N) is 2. The Hall–Kier alpha value is -2.61. The number of fused-ring (bicyclic) bond motifs is 1. The number of halogens is 1. The number of urea groups is 1. The fourth-order valence-electron chi connectivity index (χ4n) is 5.99. The van der Waals surface area contributed by atoms with Crippen LogP contribution in [0.25, 0.3) is 0 Å². The van der Waals surface area contributed by atoms with Gasteiger partial charge in [-0.25, -0.2) is 17.6 Å². The molecule has 2 aromatic carbocycles. The first-order valence-electron chi connectivity index (χ1n) is 13.9. The highest BCUT2D eigenvalue weighted by Gasteiger charge is 2.49. The van der Waals surface area contributed by atoms with Crippen LogP contribution in [0.2, 0.25) is 0 Å². The number of ether oxygens (including phenoxy) is 1. The lowest BCUT2D eigenvalue weighted by Gasteiger charge is -2.39. The Morgan fingerprint density at radius 3 is 2.51 bits per heavy atom. The molecule has 0 bridgehead atoms. The van der Waals surface area contributed by atoms with E-state index < -0.39 is 70.6 Å². The van der Waals surface area contributed by atoms with Crippen LogP contribution in [0.15, 0.2) is 53.4 Å². The second-order valence-electron chi connectivity index (χ2n) is 11.0. The van der Waals surface area contributed by atoms with E-state index in [9.17, 15) is 38.0 Å². The number of benzene rings is 2. The van der Waals surface area contributed by atoms with Crippen LogP contribution in [0.3, 0.4) is 0 Å². The molecule has 7 unspecified atom stereocenters. The molecular formula is C29H39FN2O8S. The van der Waals surface area contributed by atoms with E-state index in [4.69, 9.17) is 4.74 Å². The Kier molecular flexibility index (Phi) is 9.72. The third-order valence-electron chi connectivity index (χ3n) is 8.36. The second-order valence-corrected chi connectivity index (χ2v) is 12.9. The molecule has 1 fully saturated rings. The third-order valence-corrected chi connectivity index (χ3v) is 10.4. The van der Waals surface area contributed by atoms with Crippen LogP contribution in [0.4, 0.5) is 14.9 Å². The minimum atomic E-state index is -3.71. The predicted molar refractivity (Wildman–Crippen MR) is 150 cm³/mol. The van der Waals surface area contributed by atoms with Crippen molar-refractivity contribution < 1.29 is 42.8 Å². The number of anilines is 1. The molecule has 2 aliphatic rings. The van der Waals surface area contributed by atoms with Crippen molar-refractivity contribution in [3.05, 3.63) is 59.7 Å². The monoisotopic (exact) mass is 594 g/mol. The summed E-state index contributed by atoms with van der Waals surface area (Å²) in [5.74, 6) is -0.870. The summed E-state index contributed by atoms with van der Waals surface area (Å²) in [6, 6.07) is 12.5. The van der Waals surface area contributed by atoms with Crippen LogP contribution >= 0.6 is 0 Å². The van der Waals surface area contributed by atoms with Gasteiger partial charge in [0.05, 0.1) is 23.4 Å². The van der Waals surface area contributed by atoms with E-state index in [0.29, 0.717) is 29.7 Å². The maximum atomic E-state index is 14.1. The van der Waals surface area contributed by atoms with Gasteiger partial charge in [0.2, 0.25) is 0 Å². The van der Waals surface area contributed by atoms with Crippen molar-refractivity contribution in [3.8, 4) is 0 Å². The summed E-state index contributed by atoms with van der Waals surface area (Å²) in [5.41, 5.74) is 0.503. The number of carbonyl (C=O) groups excluding carboxylic acids is 1. The first kappa shape index (κ1) is 31.3. The molecule has 10 nitrogen and oxygen atoms in total. The van der Waals surface area contributed by atoms with Crippen LogP contribution in [0.1, 0.15) is 56.6 Å². The lowest BCUT2D eigenvalue weighted by molar-refractivity contribution is -0.215. The number of hydrogen-bond donors (Lipinski definition) is 6. The zero-order valence-electron chi connectivity index (χ0n) is 23.1. The largest absolute Gasteiger partial charge is 0.394 e. The van der Waals surface area contributed by atoms with Gasteiger partial charge < -0.3 is 35.8 Å². The predicted octanol–water partition coefficient (Wildman–Crippen LogP) is 2.45. The molecule has 2 amide bonds. The molecule has 1 saturated heterocycles. The van der Waals surface area contributed by atoms with Crippen LogP contribution in [-0.4, -0.2) is 84.1 Å². The van der Waals surface area contributed by atoms with Gasteiger partial charge >= 0.3 is 6.03 Å². The fraction of sp³-hybridized carbons (Fsp3) is 0.552. The SMILES string of the molecule is CCCCC1(CC)CS(=O)(=O)c2ccccc2[C@@H](c2cccc(NC(=O)NC3OC(CO)C(F)C(O)C3O)c2)C1O. The van der Waals surface area contributed by atoms with Crippen LogP contribution in [0.5, 0.6) is 0 Å². The first-order valence-corrected chi connectivity index (χ1v) is 15.6. The van der Waals surface area contributed by atoms with Gasteiger partial charge in [0.25, 0.3) is 0 Å². The number of carbonyl (C=O) groups is 1. The number of aliphatic hydroxyl groups is 4. The Morgan fingerprint density at radius 2 is 1.83 bits per heavy atom. The van der Waals surface area contributed by atoms with E-state index in [1.807, 2.05) is 13.8 Å². The average molecular weight is 595 g/mol. The summed E-state index contributed by atoms with van der Waals surface area (Å²) in [4.78, 5) is 13.0. The highest BCUT2D eigenvalue weighted by molar-refractivity contribution is 7.91. The van der Waals surface area contributed by atoms with Gasteiger partial charge in [0.1, 0.15) is 18.3 Å². The topological polar surface area (TPSA) is 165 Å². The van der Waals surface area contributed by atoms with Crippen molar-refractivity contribution in [1.29, 1.82) is 0 Å². The lowest BCUT2D eigenvalue weighted by atomic mass is 9.69. The number of amides is 2. The van der Waals surface area contributed by atoms with E-state index in [-0.39, 0.29) is 10.6 Å². The van der Waals surface area contributed by atoms with Gasteiger partial charge in [-0.05, 0) is 42.2 Å². The number of aliphatic hydroxyl groups excluding tert-OH is 4. The van der Waals surface area contributed by atoms with E-state index >= 15 is 0 Å². The van der Waals surface area contributed by atoms with Crippen LogP contribution < -0.4 is 10.6 Å². The zero-order chi connectivity index (χ0) is 29.9. The quantitative estimate of drug-likeness (QED) is 0.271. The van der Waals surface area contributed by atoms with Crippen LogP contribution in [-0.2, 0) is 14.6 Å². The summed E-state index contributed by atoms with van der Waals surface area (Å²) in [7, 11) is -3.71. The molecule has 0 spiro atoms. The molecule has 12 heteroatoms. The van der Waals surface area contributed by atoms with Gasteiger partial charge in [0.15, 0.2) is 22.2 Å². The van der Waals surface area contributed by atoms with Gasteiger partial charge in [-0.3, -0.25) is 0 Å². The Balaban J connectivity index is 1.65. The molecule has 2 heterocycles. The fourth-order valence-corrected chi connectivity index (χ4v) is 8.26. The molecule has 0 saturated carbocycles. The summed E-state index contributed by atoms with van der Waals surface area (Å²) >= 11 is 0. The Labute approximate surface area is 239 Å². The number of alkyl halides is 1. The molecular weight excluding hydrogens is 555 g/mol. The normalized spacial score (nSPS) is 32.9. The highest BCUT2D eigenvalue weighted by Crippen LogP contribution is 2.48. The number of unbranched alkanes of at least 4 members (excludes halogenated alkanes) is 1. The number of hydrogen-bond acceptors (Lipinski definition) is 8. The van der Waals surface area contributed by atoms with Crippen molar-refractivity contribution in [2.45, 2.75) is 87.2 Å². The summed E-state index contributed by atoms with van der Waals surface area (Å²) in [6.07, 6.45) is -7.00. The van der Waals surface area contributed by atoms with Gasteiger partial charge in [-0.15, -0.1) is 0 Å². The van der Waals surface area contributed by atoms with Crippen LogP contribution in [0, 0.1) is 5.41 Å². The molecule has 0 aliphatic carbocycles. The molecule has 8 atom stereocenters. The first-order chi connectivity index (χ1) is 19.5. The number of rotatable bonds is 8. The smallest absolute Gasteiger partial charge is 0.321 e. The maximum Gasteiger partial charge on any atom is 0.321 e. The van der Waals surface area contributed by atoms with Crippen molar-refractivity contribution >= 4 is 21.6 Å². The molecule has 2 aromatic rings. The number of sulfone groups is 1. The van der Waals surface area contributed by atoms with Crippen molar-refractivity contribution in [3.63, 3.8) is 0 Å². The minimum Gasteiger partial charge on any atom is -0.394 e. The van der Waals surface area contributed by atoms with Gasteiger partial charge in [-0.1, -0.05) is 57.0 Å². The molecule has 2 aliphatic heterocycles. The molecule has 4 rings (SSSR count). The van der Waals surface area contributed by atoms with E-state index in [2.05, 4.69) is 10.6 Å². The maximum absolute atomic E-state index is 14.1. The van der Waals surface area contributed by atoms with E-state index in [1.165, 1.54) is 0 Å². The molecule has 226 valence electrons. The molecule has 0 radical (unpaired) electrons. The van der Waals surface area contributed by atoms with Crippen molar-refractivity contribution in [2.24, 2.45) is 5.41 Å². The molecule has 41 heavy (non-hydrogen) atoms. The Bertz CT molecular complexity index is 1330. The average Bonchev–Trinajstić information content (AvgIpc) is 3.03. The standard InChI is InChI=1S/C29H39FN2O8S/c1-3-5-13-29(4-2)16-41(38,39)21-12-7-6-11-19(21)22(26(29)36)17-9-8-10-18(14-17)31-28(37)32-27-25(35)24(34)23(30)20(15-33)40-27/h6-12,14,20,22-27,33-36H,3-5,13,15-16H2,1-2H3,(H2,31,32,37)/t20?,22-,23?,24?,25?,26?,27?,29?/m1/s1. The third kappa shape index (κ3) is 6.27. The molecule has 6 N–H and O–H groups in total. The van der Waals surface area contributed by atoms with Crippen molar-refractivity contribution in [1.82, 2.24) is 5.32 Å². The van der Waals surface area contributed by atoms with E-state index in [1.54, 1.807) is 48.5 Å². The van der Waals surface area contributed by atoms with Gasteiger partial charge in [-0.2, -0.15) is 0 Å². The second kappa shape index (κ2) is 12.7. The Morgan fingerprint density at radius 1 is 1.10 bits per heavy atom. The summed E-state index contributed by atoms with van der Waals surface area (Å²) in [6.45, 7) is 3.16. The minimum absolute atomic E-state index is 0.171. The lowest BCUT2D eigenvalue weighted by Crippen LogP contribution is -2.62. The van der Waals surface area contributed by atoms with Gasteiger partial charge in [0, 0.05) is 17.0 Å². The highest BCUT2D eigenvalue weighted by atomic mass is 32.2.